The minimum atomic E-state index is 0. The molecular weight excluding hydrogens is 384 g/mol. The van der Waals surface area contributed by atoms with Crippen molar-refractivity contribution in [2.24, 2.45) is 29.1 Å². The van der Waals surface area contributed by atoms with Gasteiger partial charge in [-0.25, -0.2) is 0 Å². The first-order valence-corrected chi connectivity index (χ1v) is 12.6. The molecule has 3 fully saturated rings. The SMILES string of the molecule is C.CC.CC1(C)CC2CC1C1CCCC21.c1ccc(Cc2cccc3ccccc23)cc1. The summed E-state index contributed by atoms with van der Waals surface area (Å²) in [7, 11) is 0. The Morgan fingerprint density at radius 1 is 0.781 bits per heavy atom. The molecule has 0 amide bonds. The number of fused-ring (bicyclic) bond motifs is 6. The van der Waals surface area contributed by atoms with Crippen LogP contribution >= 0.6 is 0 Å². The first kappa shape index (κ1) is 24.6. The first-order chi connectivity index (χ1) is 15.1. The Kier molecular flexibility index (Phi) is 8.21. The minimum absolute atomic E-state index is 0. The monoisotopic (exact) mass is 428 g/mol. The van der Waals surface area contributed by atoms with E-state index in [1.165, 1.54) is 27.8 Å². The Labute approximate surface area is 197 Å². The molecule has 0 N–H and O–H groups in total. The van der Waals surface area contributed by atoms with Gasteiger partial charge in [-0.05, 0) is 83.1 Å². The van der Waals surface area contributed by atoms with Crippen molar-refractivity contribution < 1.29 is 0 Å². The molecule has 3 aliphatic rings. The largest absolute Gasteiger partial charge is 0.0776 e. The van der Waals surface area contributed by atoms with Crippen molar-refractivity contribution in [3.63, 3.8) is 0 Å². The van der Waals surface area contributed by atoms with Crippen molar-refractivity contribution in [3.8, 4) is 0 Å². The van der Waals surface area contributed by atoms with E-state index in [2.05, 4.69) is 86.6 Å². The van der Waals surface area contributed by atoms with E-state index in [1.807, 2.05) is 13.8 Å². The molecule has 172 valence electrons. The van der Waals surface area contributed by atoms with Gasteiger partial charge in [0.1, 0.15) is 0 Å². The second-order valence-corrected chi connectivity index (χ2v) is 10.4. The molecule has 4 atom stereocenters. The van der Waals surface area contributed by atoms with Crippen LogP contribution in [0.1, 0.15) is 78.4 Å². The predicted octanol–water partition coefficient (Wildman–Crippen LogP) is 9.56. The Morgan fingerprint density at radius 2 is 1.44 bits per heavy atom. The van der Waals surface area contributed by atoms with Crippen molar-refractivity contribution in [2.75, 3.05) is 0 Å². The van der Waals surface area contributed by atoms with Gasteiger partial charge in [-0.15, -0.1) is 0 Å². The van der Waals surface area contributed by atoms with Crippen molar-refractivity contribution >= 4 is 10.8 Å². The van der Waals surface area contributed by atoms with Gasteiger partial charge >= 0.3 is 0 Å². The van der Waals surface area contributed by atoms with Gasteiger partial charge in [0.05, 0.1) is 0 Å². The molecule has 3 aromatic rings. The predicted molar refractivity (Wildman–Crippen MR) is 142 cm³/mol. The van der Waals surface area contributed by atoms with Gasteiger partial charge in [0.15, 0.2) is 0 Å². The van der Waals surface area contributed by atoms with E-state index in [1.54, 1.807) is 32.1 Å². The molecule has 0 saturated heterocycles. The molecule has 3 aromatic carbocycles. The summed E-state index contributed by atoms with van der Waals surface area (Å²) < 4.78 is 0. The fourth-order valence-corrected chi connectivity index (χ4v) is 7.00. The zero-order valence-corrected chi connectivity index (χ0v) is 20.0. The molecule has 32 heavy (non-hydrogen) atoms. The molecule has 4 unspecified atom stereocenters. The highest BCUT2D eigenvalue weighted by Crippen LogP contribution is 2.65. The standard InChI is InChI=1S/C17H14.C12H20.C2H6.CH4/c1-2-7-14(8-3-1)13-16-11-6-10-15-9-4-5-12-17(15)16;1-12(2)7-8-6-11(12)10-5-3-4-9(8)10;1-2;/h1-12H,13H2;8-11H,3-7H2,1-2H3;1-2H3;1H4. The molecule has 0 aliphatic heterocycles. The van der Waals surface area contributed by atoms with Crippen LogP contribution in [0.3, 0.4) is 0 Å². The number of rotatable bonds is 2. The van der Waals surface area contributed by atoms with Gasteiger partial charge in [0, 0.05) is 0 Å². The van der Waals surface area contributed by atoms with Crippen LogP contribution in [-0.4, -0.2) is 0 Å². The maximum atomic E-state index is 2.51. The van der Waals surface area contributed by atoms with E-state index in [0.717, 1.165) is 24.2 Å². The third-order valence-corrected chi connectivity index (χ3v) is 8.21. The summed E-state index contributed by atoms with van der Waals surface area (Å²) in [5.74, 6) is 4.56. The van der Waals surface area contributed by atoms with Crippen LogP contribution < -0.4 is 0 Å². The van der Waals surface area contributed by atoms with Crippen LogP contribution in [0.25, 0.3) is 10.8 Å². The molecule has 0 aromatic heterocycles. The molecule has 3 saturated carbocycles. The van der Waals surface area contributed by atoms with E-state index >= 15 is 0 Å². The average molecular weight is 429 g/mol. The van der Waals surface area contributed by atoms with Crippen LogP contribution in [0.5, 0.6) is 0 Å². The average Bonchev–Trinajstić information content (AvgIpc) is 3.49. The van der Waals surface area contributed by atoms with Crippen LogP contribution in [0.4, 0.5) is 0 Å². The Hall–Kier alpha value is -2.08. The van der Waals surface area contributed by atoms with Crippen molar-refractivity contribution in [2.45, 2.75) is 73.6 Å². The fourth-order valence-electron chi connectivity index (χ4n) is 7.00. The van der Waals surface area contributed by atoms with E-state index in [9.17, 15) is 0 Å². The lowest BCUT2D eigenvalue weighted by Crippen LogP contribution is -2.30. The van der Waals surface area contributed by atoms with Gasteiger partial charge in [0.2, 0.25) is 0 Å². The lowest BCUT2D eigenvalue weighted by Gasteiger charge is -2.37. The summed E-state index contributed by atoms with van der Waals surface area (Å²) in [5.41, 5.74) is 3.47. The summed E-state index contributed by atoms with van der Waals surface area (Å²) >= 11 is 0. The van der Waals surface area contributed by atoms with Gasteiger partial charge < -0.3 is 0 Å². The van der Waals surface area contributed by atoms with Gasteiger partial charge in [-0.1, -0.05) is 114 Å². The molecule has 2 bridgehead atoms. The molecule has 0 heterocycles. The molecule has 0 nitrogen and oxygen atoms in total. The van der Waals surface area contributed by atoms with Gasteiger partial charge in [-0.3, -0.25) is 0 Å². The molecular formula is C32H44. The van der Waals surface area contributed by atoms with Crippen LogP contribution in [0, 0.1) is 29.1 Å². The molecule has 0 radical (unpaired) electrons. The van der Waals surface area contributed by atoms with Crippen LogP contribution in [0.2, 0.25) is 0 Å². The van der Waals surface area contributed by atoms with E-state index in [-0.39, 0.29) is 7.43 Å². The topological polar surface area (TPSA) is 0 Å². The molecule has 0 heteroatoms. The zero-order chi connectivity index (χ0) is 21.8. The zero-order valence-electron chi connectivity index (χ0n) is 20.0. The Bertz CT molecular complexity index is 962. The fraction of sp³-hybridized carbons (Fsp3) is 0.500. The number of hydrogen-bond acceptors (Lipinski definition) is 0. The normalized spacial score (nSPS) is 26.2. The van der Waals surface area contributed by atoms with Crippen molar-refractivity contribution in [1.29, 1.82) is 0 Å². The minimum Gasteiger partial charge on any atom is -0.0776 e. The molecule has 6 rings (SSSR count). The molecule has 3 aliphatic carbocycles. The lowest BCUT2D eigenvalue weighted by atomic mass is 9.68. The number of benzene rings is 3. The Balaban J connectivity index is 0.000000170. The quantitative estimate of drug-likeness (QED) is 0.381. The second kappa shape index (κ2) is 10.7. The summed E-state index contributed by atoms with van der Waals surface area (Å²) in [6.07, 6.45) is 8.80. The maximum Gasteiger partial charge on any atom is -0.00196 e. The van der Waals surface area contributed by atoms with Crippen LogP contribution in [0.15, 0.2) is 72.8 Å². The highest BCUT2D eigenvalue weighted by atomic mass is 14.6. The van der Waals surface area contributed by atoms with Gasteiger partial charge in [0.25, 0.3) is 0 Å². The lowest BCUT2D eigenvalue weighted by molar-refractivity contribution is 0.118. The van der Waals surface area contributed by atoms with Crippen molar-refractivity contribution in [1.82, 2.24) is 0 Å². The first-order valence-electron chi connectivity index (χ1n) is 12.6. The van der Waals surface area contributed by atoms with Gasteiger partial charge in [-0.2, -0.15) is 0 Å². The van der Waals surface area contributed by atoms with E-state index in [4.69, 9.17) is 0 Å². The summed E-state index contributed by atoms with van der Waals surface area (Å²) in [6.45, 7) is 9.01. The molecule has 0 spiro atoms. The third-order valence-electron chi connectivity index (χ3n) is 8.21. The summed E-state index contributed by atoms with van der Waals surface area (Å²) in [4.78, 5) is 0. The van der Waals surface area contributed by atoms with Crippen molar-refractivity contribution in [3.05, 3.63) is 83.9 Å². The number of hydrogen-bond donors (Lipinski definition) is 0. The summed E-state index contributed by atoms with van der Waals surface area (Å²) in [5, 5.41) is 2.68. The van der Waals surface area contributed by atoms with Crippen LogP contribution in [-0.2, 0) is 6.42 Å². The highest BCUT2D eigenvalue weighted by Gasteiger charge is 2.56. The highest BCUT2D eigenvalue weighted by molar-refractivity contribution is 5.85. The summed E-state index contributed by atoms with van der Waals surface area (Å²) in [6, 6.07) is 25.7. The maximum absolute atomic E-state index is 2.51. The third kappa shape index (κ3) is 4.95. The Morgan fingerprint density at radius 3 is 2.22 bits per heavy atom. The smallest absolute Gasteiger partial charge is 0.00196 e. The van der Waals surface area contributed by atoms with E-state index in [0.29, 0.717) is 5.41 Å². The second-order valence-electron chi connectivity index (χ2n) is 10.4. The van der Waals surface area contributed by atoms with E-state index < -0.39 is 0 Å².